The number of piperazine rings is 1. The Bertz CT molecular complexity index is 747. The number of benzene rings is 2. The molecule has 144 valence electrons. The van der Waals surface area contributed by atoms with Gasteiger partial charge in [-0.15, -0.1) is 0 Å². The molecule has 1 aliphatic heterocycles. The molecule has 2 aromatic carbocycles. The Morgan fingerprint density at radius 3 is 1.74 bits per heavy atom. The topological polar surface area (TPSA) is 42.1 Å². The summed E-state index contributed by atoms with van der Waals surface area (Å²) in [6.07, 6.45) is 0. The number of anilines is 4. The van der Waals surface area contributed by atoms with Crippen molar-refractivity contribution in [2.75, 3.05) is 74.4 Å². The van der Waals surface area contributed by atoms with Gasteiger partial charge in [0.2, 0.25) is 0 Å². The second kappa shape index (κ2) is 8.20. The van der Waals surface area contributed by atoms with Crippen molar-refractivity contribution in [3.8, 4) is 0 Å². The highest BCUT2D eigenvalue weighted by atomic mass is 16.2. The number of hydrogen-bond acceptors (Lipinski definition) is 4. The monoisotopic (exact) mass is 367 g/mol. The van der Waals surface area contributed by atoms with Gasteiger partial charge in [-0.3, -0.25) is 0 Å². The maximum atomic E-state index is 12.5. The van der Waals surface area contributed by atoms with Crippen molar-refractivity contribution in [1.82, 2.24) is 4.90 Å². The van der Waals surface area contributed by atoms with Crippen molar-refractivity contribution in [2.45, 2.75) is 0 Å². The molecular weight excluding hydrogens is 338 g/mol. The Morgan fingerprint density at radius 1 is 0.778 bits per heavy atom. The van der Waals surface area contributed by atoms with Gasteiger partial charge in [-0.05, 0) is 48.5 Å². The number of carbonyl (C=O) groups excluding carboxylic acids is 1. The number of hydrogen-bond donors (Lipinski definition) is 1. The Hall–Kier alpha value is -2.89. The molecule has 1 fully saturated rings. The smallest absolute Gasteiger partial charge is 0.321 e. The molecule has 2 amide bonds. The van der Waals surface area contributed by atoms with Crippen molar-refractivity contribution in [3.05, 3.63) is 48.5 Å². The zero-order valence-corrected chi connectivity index (χ0v) is 16.6. The minimum Gasteiger partial charge on any atom is -0.378 e. The van der Waals surface area contributed by atoms with Crippen LogP contribution in [0.3, 0.4) is 0 Å². The standard InChI is InChI=1S/C21H29N5O/c1-23(2)18-7-5-17(6-8-18)22-21(27)26-15-13-25(14-16-26)20-11-9-19(10-12-20)24(3)4/h5-12H,13-16H2,1-4H3,(H,22,27). The predicted molar refractivity (Wildman–Crippen MR) is 114 cm³/mol. The molecule has 6 heteroatoms. The summed E-state index contributed by atoms with van der Waals surface area (Å²) in [6, 6.07) is 16.4. The molecule has 27 heavy (non-hydrogen) atoms. The van der Waals surface area contributed by atoms with Crippen molar-refractivity contribution in [2.24, 2.45) is 0 Å². The fourth-order valence-electron chi connectivity index (χ4n) is 3.17. The van der Waals surface area contributed by atoms with Crippen molar-refractivity contribution in [3.63, 3.8) is 0 Å². The van der Waals surface area contributed by atoms with Crippen molar-refractivity contribution < 1.29 is 4.79 Å². The number of carbonyl (C=O) groups is 1. The molecule has 0 radical (unpaired) electrons. The van der Waals surface area contributed by atoms with E-state index in [0.717, 1.165) is 37.6 Å². The van der Waals surface area contributed by atoms with E-state index in [4.69, 9.17) is 0 Å². The zero-order chi connectivity index (χ0) is 19.4. The summed E-state index contributed by atoms with van der Waals surface area (Å²) in [6.45, 7) is 3.12. The van der Waals surface area contributed by atoms with Gasteiger partial charge in [0.15, 0.2) is 0 Å². The lowest BCUT2D eigenvalue weighted by Gasteiger charge is -2.36. The van der Waals surface area contributed by atoms with Gasteiger partial charge in [0.05, 0.1) is 0 Å². The molecule has 2 aromatic rings. The first kappa shape index (κ1) is 18.9. The lowest BCUT2D eigenvalue weighted by molar-refractivity contribution is 0.208. The number of rotatable bonds is 4. The summed E-state index contributed by atoms with van der Waals surface area (Å²) in [4.78, 5) is 20.9. The fourth-order valence-corrected chi connectivity index (χ4v) is 3.17. The van der Waals surface area contributed by atoms with Crippen LogP contribution in [0.5, 0.6) is 0 Å². The summed E-state index contributed by atoms with van der Waals surface area (Å²) in [5.41, 5.74) is 4.34. The summed E-state index contributed by atoms with van der Waals surface area (Å²) in [7, 11) is 8.09. The highest BCUT2D eigenvalue weighted by molar-refractivity contribution is 5.89. The van der Waals surface area contributed by atoms with E-state index in [9.17, 15) is 4.79 Å². The zero-order valence-electron chi connectivity index (χ0n) is 16.6. The van der Waals surface area contributed by atoms with Crippen LogP contribution in [0.15, 0.2) is 48.5 Å². The third-order valence-electron chi connectivity index (χ3n) is 4.93. The SMILES string of the molecule is CN(C)c1ccc(NC(=O)N2CCN(c3ccc(N(C)C)cc3)CC2)cc1. The molecule has 1 aliphatic rings. The van der Waals surface area contributed by atoms with Crippen LogP contribution in [-0.4, -0.2) is 65.3 Å². The molecular formula is C21H29N5O. The van der Waals surface area contributed by atoms with E-state index in [1.165, 1.54) is 11.4 Å². The normalized spacial score (nSPS) is 14.1. The van der Waals surface area contributed by atoms with Crippen molar-refractivity contribution >= 4 is 28.8 Å². The molecule has 0 aromatic heterocycles. The predicted octanol–water partition coefficient (Wildman–Crippen LogP) is 3.17. The lowest BCUT2D eigenvalue weighted by Crippen LogP contribution is -2.50. The molecule has 6 nitrogen and oxygen atoms in total. The molecule has 1 saturated heterocycles. The molecule has 0 unspecified atom stereocenters. The molecule has 1 heterocycles. The third-order valence-corrected chi connectivity index (χ3v) is 4.93. The largest absolute Gasteiger partial charge is 0.378 e. The summed E-state index contributed by atoms with van der Waals surface area (Å²) < 4.78 is 0. The first-order chi connectivity index (χ1) is 12.9. The Morgan fingerprint density at radius 2 is 1.26 bits per heavy atom. The van der Waals surface area contributed by atoms with Gasteiger partial charge in [-0.1, -0.05) is 0 Å². The summed E-state index contributed by atoms with van der Waals surface area (Å²) in [5, 5.41) is 3.00. The number of amides is 2. The molecule has 0 bridgehead atoms. The van der Waals surface area contributed by atoms with E-state index in [0.29, 0.717) is 0 Å². The van der Waals surface area contributed by atoms with Crippen LogP contribution in [0.2, 0.25) is 0 Å². The molecule has 0 atom stereocenters. The van der Waals surface area contributed by atoms with Crippen LogP contribution in [0, 0.1) is 0 Å². The van der Waals surface area contributed by atoms with Gasteiger partial charge >= 0.3 is 6.03 Å². The lowest BCUT2D eigenvalue weighted by atomic mass is 10.2. The molecule has 0 aliphatic carbocycles. The minimum absolute atomic E-state index is 0.0322. The molecule has 0 spiro atoms. The maximum absolute atomic E-state index is 12.5. The van der Waals surface area contributed by atoms with Gasteiger partial charge in [0.25, 0.3) is 0 Å². The highest BCUT2D eigenvalue weighted by Crippen LogP contribution is 2.21. The Labute approximate surface area is 162 Å². The van der Waals surface area contributed by atoms with E-state index in [1.54, 1.807) is 0 Å². The third kappa shape index (κ3) is 4.64. The quantitative estimate of drug-likeness (QED) is 0.901. The van der Waals surface area contributed by atoms with Crippen LogP contribution in [-0.2, 0) is 0 Å². The maximum Gasteiger partial charge on any atom is 0.321 e. The summed E-state index contributed by atoms with van der Waals surface area (Å²) >= 11 is 0. The van der Waals surface area contributed by atoms with Crippen LogP contribution in [0.4, 0.5) is 27.5 Å². The molecule has 1 N–H and O–H groups in total. The number of urea groups is 1. The van der Waals surface area contributed by atoms with Gasteiger partial charge in [-0.2, -0.15) is 0 Å². The second-order valence-electron chi connectivity index (χ2n) is 7.26. The van der Waals surface area contributed by atoms with E-state index in [-0.39, 0.29) is 6.03 Å². The number of nitrogens with one attached hydrogen (secondary N) is 1. The Balaban J connectivity index is 1.53. The average Bonchev–Trinajstić information content (AvgIpc) is 2.68. The van der Waals surface area contributed by atoms with E-state index >= 15 is 0 Å². The minimum atomic E-state index is -0.0322. The molecule has 3 rings (SSSR count). The number of nitrogens with zero attached hydrogens (tertiary/aromatic N) is 4. The fraction of sp³-hybridized carbons (Fsp3) is 0.381. The van der Waals surface area contributed by atoms with E-state index in [2.05, 4.69) is 39.4 Å². The first-order valence-electron chi connectivity index (χ1n) is 9.30. The van der Waals surface area contributed by atoms with Crippen LogP contribution in [0.1, 0.15) is 0 Å². The average molecular weight is 367 g/mol. The van der Waals surface area contributed by atoms with E-state index in [1.807, 2.05) is 62.3 Å². The summed E-state index contributed by atoms with van der Waals surface area (Å²) in [5.74, 6) is 0. The van der Waals surface area contributed by atoms with Crippen molar-refractivity contribution in [1.29, 1.82) is 0 Å². The van der Waals surface area contributed by atoms with Gasteiger partial charge in [-0.25, -0.2) is 4.79 Å². The second-order valence-corrected chi connectivity index (χ2v) is 7.26. The highest BCUT2D eigenvalue weighted by Gasteiger charge is 2.21. The van der Waals surface area contributed by atoms with E-state index < -0.39 is 0 Å². The van der Waals surface area contributed by atoms with Gasteiger partial charge in [0.1, 0.15) is 0 Å². The van der Waals surface area contributed by atoms with Crippen LogP contribution >= 0.6 is 0 Å². The van der Waals surface area contributed by atoms with Crippen LogP contribution < -0.4 is 20.0 Å². The molecule has 0 saturated carbocycles. The van der Waals surface area contributed by atoms with Gasteiger partial charge < -0.3 is 24.9 Å². The Kier molecular flexibility index (Phi) is 5.74. The first-order valence-corrected chi connectivity index (χ1v) is 9.30. The van der Waals surface area contributed by atoms with Gasteiger partial charge in [0, 0.05) is 77.1 Å². The van der Waals surface area contributed by atoms with Crippen LogP contribution in [0.25, 0.3) is 0 Å².